The molecular weight excluding hydrogens is 470 g/mol. The molecule has 0 aliphatic rings. The first kappa shape index (κ1) is 25.5. The zero-order chi connectivity index (χ0) is 24.7. The summed E-state index contributed by atoms with van der Waals surface area (Å²) in [6, 6.07) is 21.4. The van der Waals surface area contributed by atoms with E-state index in [0.29, 0.717) is 22.7 Å². The SMILES string of the molecule is C/C(CCc1ccccc1)=N/NC(=O)CN(c1cccc(Cl)c1C)S(=O)(=O)c1ccc(C)cc1. The summed E-state index contributed by atoms with van der Waals surface area (Å²) >= 11 is 6.26. The lowest BCUT2D eigenvalue weighted by molar-refractivity contribution is -0.119. The molecule has 0 heterocycles. The molecule has 0 fully saturated rings. The van der Waals surface area contributed by atoms with E-state index in [2.05, 4.69) is 10.5 Å². The van der Waals surface area contributed by atoms with Crippen LogP contribution in [0.1, 0.15) is 30.0 Å². The Morgan fingerprint density at radius 1 is 0.971 bits per heavy atom. The number of carbonyl (C=O) groups is 1. The first-order chi connectivity index (χ1) is 16.2. The molecular formula is C26H28ClN3O3S. The van der Waals surface area contributed by atoms with Crippen LogP contribution in [0.15, 0.2) is 82.8 Å². The molecule has 0 saturated heterocycles. The number of nitrogens with zero attached hydrogens (tertiary/aromatic N) is 2. The maximum atomic E-state index is 13.5. The van der Waals surface area contributed by atoms with Crippen molar-refractivity contribution < 1.29 is 13.2 Å². The molecule has 0 bridgehead atoms. The highest BCUT2D eigenvalue weighted by molar-refractivity contribution is 7.92. The molecule has 0 aromatic heterocycles. The second-order valence-corrected chi connectivity index (χ2v) is 10.3. The van der Waals surface area contributed by atoms with Crippen molar-refractivity contribution in [3.63, 3.8) is 0 Å². The summed E-state index contributed by atoms with van der Waals surface area (Å²) in [5, 5.41) is 4.58. The molecule has 0 atom stereocenters. The maximum absolute atomic E-state index is 13.5. The third kappa shape index (κ3) is 6.46. The van der Waals surface area contributed by atoms with E-state index < -0.39 is 22.5 Å². The number of anilines is 1. The van der Waals surface area contributed by atoms with Crippen LogP contribution in [0.3, 0.4) is 0 Å². The number of rotatable bonds is 9. The van der Waals surface area contributed by atoms with Gasteiger partial charge in [0.1, 0.15) is 6.54 Å². The highest BCUT2D eigenvalue weighted by Crippen LogP contribution is 2.30. The minimum absolute atomic E-state index is 0.0906. The summed E-state index contributed by atoms with van der Waals surface area (Å²) in [4.78, 5) is 12.9. The number of carbonyl (C=O) groups excluding carboxylic acids is 1. The van der Waals surface area contributed by atoms with Crippen molar-refractivity contribution in [2.24, 2.45) is 5.10 Å². The minimum Gasteiger partial charge on any atom is -0.271 e. The zero-order valence-electron chi connectivity index (χ0n) is 19.5. The molecule has 6 nitrogen and oxygen atoms in total. The van der Waals surface area contributed by atoms with E-state index in [0.717, 1.165) is 22.0 Å². The van der Waals surface area contributed by atoms with Crippen molar-refractivity contribution in [1.82, 2.24) is 5.43 Å². The molecule has 0 saturated carbocycles. The molecule has 0 unspecified atom stereocenters. The van der Waals surface area contributed by atoms with Gasteiger partial charge in [-0.25, -0.2) is 13.8 Å². The van der Waals surface area contributed by atoms with Crippen LogP contribution in [-0.4, -0.2) is 26.6 Å². The smallest absolute Gasteiger partial charge is 0.264 e. The average Bonchev–Trinajstić information content (AvgIpc) is 2.82. The molecule has 178 valence electrons. The summed E-state index contributed by atoms with van der Waals surface area (Å²) in [6.45, 7) is 4.98. The van der Waals surface area contributed by atoms with Gasteiger partial charge in [-0.2, -0.15) is 5.10 Å². The van der Waals surface area contributed by atoms with E-state index in [9.17, 15) is 13.2 Å². The molecule has 0 radical (unpaired) electrons. The van der Waals surface area contributed by atoms with Crippen molar-refractivity contribution in [2.75, 3.05) is 10.8 Å². The Morgan fingerprint density at radius 2 is 1.65 bits per heavy atom. The minimum atomic E-state index is -4.02. The van der Waals surface area contributed by atoms with Crippen LogP contribution in [0.5, 0.6) is 0 Å². The highest BCUT2D eigenvalue weighted by Gasteiger charge is 2.28. The van der Waals surface area contributed by atoms with E-state index in [1.807, 2.05) is 44.2 Å². The number of nitrogens with one attached hydrogen (secondary N) is 1. The average molecular weight is 498 g/mol. The predicted octanol–water partition coefficient (Wildman–Crippen LogP) is 5.28. The Hall–Kier alpha value is -3.16. The van der Waals surface area contributed by atoms with E-state index in [4.69, 9.17) is 11.6 Å². The lowest BCUT2D eigenvalue weighted by atomic mass is 10.1. The van der Waals surface area contributed by atoms with Crippen LogP contribution >= 0.6 is 11.6 Å². The van der Waals surface area contributed by atoms with Crippen LogP contribution in [0.4, 0.5) is 5.69 Å². The van der Waals surface area contributed by atoms with Gasteiger partial charge in [-0.15, -0.1) is 0 Å². The van der Waals surface area contributed by atoms with Gasteiger partial charge in [-0.3, -0.25) is 9.10 Å². The van der Waals surface area contributed by atoms with Gasteiger partial charge in [0.2, 0.25) is 0 Å². The van der Waals surface area contributed by atoms with Gasteiger partial charge in [0.15, 0.2) is 0 Å². The lowest BCUT2D eigenvalue weighted by Crippen LogP contribution is -2.40. The van der Waals surface area contributed by atoms with Crippen LogP contribution in [0.2, 0.25) is 5.02 Å². The molecule has 34 heavy (non-hydrogen) atoms. The normalized spacial score (nSPS) is 11.8. The van der Waals surface area contributed by atoms with Crippen LogP contribution in [0, 0.1) is 13.8 Å². The molecule has 1 amide bonds. The predicted molar refractivity (Wildman–Crippen MR) is 138 cm³/mol. The number of hydrazone groups is 1. The number of amides is 1. The first-order valence-corrected chi connectivity index (χ1v) is 12.7. The van der Waals surface area contributed by atoms with E-state index in [-0.39, 0.29) is 4.90 Å². The summed E-state index contributed by atoms with van der Waals surface area (Å²) in [5.41, 5.74) is 6.25. The fourth-order valence-corrected chi connectivity index (χ4v) is 5.00. The number of hydrogen-bond acceptors (Lipinski definition) is 4. The van der Waals surface area contributed by atoms with Crippen molar-refractivity contribution in [3.05, 3.63) is 94.5 Å². The third-order valence-corrected chi connectivity index (χ3v) is 7.58. The molecule has 3 aromatic rings. The van der Waals surface area contributed by atoms with Gasteiger partial charge in [-0.05, 0) is 69.0 Å². The second-order valence-electron chi connectivity index (χ2n) is 8.08. The fourth-order valence-electron chi connectivity index (χ4n) is 3.35. The van der Waals surface area contributed by atoms with E-state index in [1.165, 1.54) is 17.7 Å². The number of halogens is 1. The largest absolute Gasteiger partial charge is 0.271 e. The summed E-state index contributed by atoms with van der Waals surface area (Å²) in [6.07, 6.45) is 1.46. The second kappa shape index (κ2) is 11.3. The number of benzene rings is 3. The molecule has 0 spiro atoms. The molecule has 0 aliphatic heterocycles. The van der Waals surface area contributed by atoms with Crippen LogP contribution in [-0.2, 0) is 21.2 Å². The monoisotopic (exact) mass is 497 g/mol. The molecule has 3 aromatic carbocycles. The Bertz CT molecular complexity index is 1270. The Labute approximate surface area is 206 Å². The lowest BCUT2D eigenvalue weighted by Gasteiger charge is -2.25. The Morgan fingerprint density at radius 3 is 2.32 bits per heavy atom. The van der Waals surface area contributed by atoms with Crippen molar-refractivity contribution >= 4 is 38.9 Å². The van der Waals surface area contributed by atoms with Gasteiger partial charge in [0.05, 0.1) is 10.6 Å². The molecule has 8 heteroatoms. The zero-order valence-corrected chi connectivity index (χ0v) is 21.0. The summed E-state index contributed by atoms with van der Waals surface area (Å²) in [5.74, 6) is -0.547. The van der Waals surface area contributed by atoms with Crippen molar-refractivity contribution in [3.8, 4) is 0 Å². The maximum Gasteiger partial charge on any atom is 0.264 e. The van der Waals surface area contributed by atoms with Crippen LogP contribution in [0.25, 0.3) is 0 Å². The van der Waals surface area contributed by atoms with Gasteiger partial charge in [0.25, 0.3) is 15.9 Å². The Kier molecular flexibility index (Phi) is 8.47. The standard InChI is InChI=1S/C26H28ClN3O3S/c1-19-12-16-23(17-13-19)34(32,33)30(25-11-7-10-24(27)21(25)3)18-26(31)29-28-20(2)14-15-22-8-5-4-6-9-22/h4-13,16-17H,14-15,18H2,1-3H3,(H,29,31)/b28-20-. The van der Waals surface area contributed by atoms with Gasteiger partial charge < -0.3 is 0 Å². The number of aryl methyl sites for hydroxylation is 2. The summed E-state index contributed by atoms with van der Waals surface area (Å²) < 4.78 is 28.1. The third-order valence-electron chi connectivity index (χ3n) is 5.39. The molecule has 0 aliphatic carbocycles. The number of sulfonamides is 1. The highest BCUT2D eigenvalue weighted by atomic mass is 35.5. The molecule has 1 N–H and O–H groups in total. The van der Waals surface area contributed by atoms with Gasteiger partial charge in [-0.1, -0.05) is 65.7 Å². The fraction of sp³-hybridized carbons (Fsp3) is 0.231. The van der Waals surface area contributed by atoms with Crippen molar-refractivity contribution in [1.29, 1.82) is 0 Å². The van der Waals surface area contributed by atoms with E-state index >= 15 is 0 Å². The number of hydrogen-bond donors (Lipinski definition) is 1. The van der Waals surface area contributed by atoms with Gasteiger partial charge in [0, 0.05) is 10.7 Å². The summed E-state index contributed by atoms with van der Waals surface area (Å²) in [7, 11) is -4.02. The topological polar surface area (TPSA) is 78.8 Å². The Balaban J connectivity index is 1.80. The quantitative estimate of drug-likeness (QED) is 0.323. The first-order valence-electron chi connectivity index (χ1n) is 10.9. The molecule has 3 rings (SSSR count). The van der Waals surface area contributed by atoms with Crippen LogP contribution < -0.4 is 9.73 Å². The van der Waals surface area contributed by atoms with Crippen molar-refractivity contribution in [2.45, 2.75) is 38.5 Å². The van der Waals surface area contributed by atoms with Gasteiger partial charge >= 0.3 is 0 Å². The van der Waals surface area contributed by atoms with E-state index in [1.54, 1.807) is 37.3 Å².